The van der Waals surface area contributed by atoms with Crippen LogP contribution in [-0.2, 0) is 24.8 Å². The van der Waals surface area contributed by atoms with Crippen LogP contribution in [0.2, 0.25) is 0 Å². The van der Waals surface area contributed by atoms with Crippen molar-refractivity contribution in [3.63, 3.8) is 0 Å². The van der Waals surface area contributed by atoms with Crippen LogP contribution in [0.1, 0.15) is 20.8 Å². The number of amides is 1. The number of hydrogen-bond donors (Lipinski definition) is 2. The van der Waals surface area contributed by atoms with Crippen LogP contribution in [0.25, 0.3) is 0 Å². The molecule has 1 aliphatic heterocycles. The third-order valence-corrected chi connectivity index (χ3v) is 8.18. The minimum Gasteiger partial charge on any atom is -0.495 e. The second-order valence-corrected chi connectivity index (χ2v) is 11.5. The van der Waals surface area contributed by atoms with Gasteiger partial charge in [-0.3, -0.25) is 9.10 Å². The van der Waals surface area contributed by atoms with E-state index in [0.29, 0.717) is 11.5 Å². The van der Waals surface area contributed by atoms with Crippen molar-refractivity contribution >= 4 is 37.3 Å². The summed E-state index contributed by atoms with van der Waals surface area (Å²) in [5.74, 6) is 0.113. The lowest BCUT2D eigenvalue weighted by Gasteiger charge is -2.24. The van der Waals surface area contributed by atoms with Gasteiger partial charge in [0.1, 0.15) is 12.3 Å². The Labute approximate surface area is 199 Å². The van der Waals surface area contributed by atoms with Crippen molar-refractivity contribution in [1.29, 1.82) is 0 Å². The smallest absolute Gasteiger partial charge is 0.245 e. The van der Waals surface area contributed by atoms with Crippen LogP contribution in [0.4, 0.5) is 11.4 Å². The maximum atomic E-state index is 12.9. The Balaban J connectivity index is 1.89. The number of nitrogens with one attached hydrogen (secondary N) is 2. The average Bonchev–Trinajstić information content (AvgIpc) is 3.24. The number of carbonyl (C=O) groups excluding carboxylic acids is 1. The van der Waals surface area contributed by atoms with E-state index in [1.165, 1.54) is 44.4 Å². The predicted octanol–water partition coefficient (Wildman–Crippen LogP) is 1.91. The molecule has 0 atom stereocenters. The number of nitrogens with zero attached hydrogens (tertiary/aromatic N) is 1. The van der Waals surface area contributed by atoms with Crippen molar-refractivity contribution in [2.45, 2.75) is 31.7 Å². The first-order valence-electron chi connectivity index (χ1n) is 10.4. The fourth-order valence-corrected chi connectivity index (χ4v) is 5.53. The lowest BCUT2D eigenvalue weighted by atomic mass is 10.2. The summed E-state index contributed by atoms with van der Waals surface area (Å²) in [6.45, 7) is 4.29. The zero-order valence-electron chi connectivity index (χ0n) is 19.2. The first-order valence-corrected chi connectivity index (χ1v) is 13.5. The molecule has 1 aliphatic rings. The zero-order chi connectivity index (χ0) is 25.1. The van der Waals surface area contributed by atoms with Gasteiger partial charge >= 0.3 is 0 Å². The number of ether oxygens (including phenoxy) is 3. The summed E-state index contributed by atoms with van der Waals surface area (Å²) in [4.78, 5) is 12.8. The maximum Gasteiger partial charge on any atom is 0.245 e. The van der Waals surface area contributed by atoms with Crippen LogP contribution in [0.3, 0.4) is 0 Å². The quantitative estimate of drug-likeness (QED) is 0.491. The molecule has 3 rings (SSSR count). The number of benzene rings is 2. The lowest BCUT2D eigenvalue weighted by Crippen LogP contribution is -2.39. The molecule has 1 amide bonds. The lowest BCUT2D eigenvalue weighted by molar-refractivity contribution is -0.114. The molecule has 1 heterocycles. The van der Waals surface area contributed by atoms with Crippen molar-refractivity contribution in [1.82, 2.24) is 4.72 Å². The van der Waals surface area contributed by atoms with Crippen molar-refractivity contribution in [3.05, 3.63) is 36.4 Å². The molecule has 0 bridgehead atoms. The van der Waals surface area contributed by atoms with Crippen molar-refractivity contribution in [2.75, 3.05) is 35.8 Å². The molecule has 0 aliphatic carbocycles. The van der Waals surface area contributed by atoms with E-state index in [1.807, 2.05) is 0 Å². The van der Waals surface area contributed by atoms with E-state index in [2.05, 4.69) is 10.0 Å². The van der Waals surface area contributed by atoms with Gasteiger partial charge in [0.25, 0.3) is 0 Å². The van der Waals surface area contributed by atoms with Gasteiger partial charge in [0.15, 0.2) is 11.5 Å². The van der Waals surface area contributed by atoms with Crippen LogP contribution < -0.4 is 28.6 Å². The molecular weight excluding hydrogens is 486 g/mol. The summed E-state index contributed by atoms with van der Waals surface area (Å²) in [7, 11) is -6.30. The van der Waals surface area contributed by atoms with E-state index >= 15 is 0 Å². The van der Waals surface area contributed by atoms with Gasteiger partial charge < -0.3 is 19.5 Å². The van der Waals surface area contributed by atoms with Gasteiger partial charge in [0.2, 0.25) is 32.7 Å². The minimum atomic E-state index is -3.84. The molecule has 0 fully saturated rings. The fourth-order valence-electron chi connectivity index (χ4n) is 3.20. The molecule has 186 valence electrons. The van der Waals surface area contributed by atoms with E-state index in [0.717, 1.165) is 4.31 Å². The van der Waals surface area contributed by atoms with Crippen LogP contribution in [0, 0.1) is 0 Å². The number of fused-ring (bicyclic) bond motifs is 1. The van der Waals surface area contributed by atoms with Crippen molar-refractivity contribution < 1.29 is 35.8 Å². The predicted molar refractivity (Wildman–Crippen MR) is 126 cm³/mol. The van der Waals surface area contributed by atoms with E-state index < -0.39 is 32.5 Å². The summed E-state index contributed by atoms with van der Waals surface area (Å²) < 4.78 is 69.8. The number of hydrogen-bond acceptors (Lipinski definition) is 8. The van der Waals surface area contributed by atoms with Crippen LogP contribution in [-0.4, -0.2) is 55.0 Å². The SMILES string of the molecule is CCS(=O)(=O)N(CC(=O)Nc1cc(S(=O)(=O)NC(C)C)ccc1OC)c1ccc2c(c1)OCO2. The first-order chi connectivity index (χ1) is 16.0. The largest absolute Gasteiger partial charge is 0.495 e. The van der Waals surface area contributed by atoms with E-state index in [4.69, 9.17) is 14.2 Å². The first kappa shape index (κ1) is 25.6. The monoisotopic (exact) mass is 513 g/mol. The molecule has 34 heavy (non-hydrogen) atoms. The van der Waals surface area contributed by atoms with Crippen molar-refractivity contribution in [3.8, 4) is 17.2 Å². The van der Waals surface area contributed by atoms with Gasteiger partial charge in [-0.25, -0.2) is 21.6 Å². The van der Waals surface area contributed by atoms with E-state index in [9.17, 15) is 21.6 Å². The fraction of sp³-hybridized carbons (Fsp3) is 0.381. The molecule has 0 saturated carbocycles. The van der Waals surface area contributed by atoms with Gasteiger partial charge in [-0.05, 0) is 51.1 Å². The Bertz CT molecular complexity index is 1280. The van der Waals surface area contributed by atoms with Gasteiger partial charge in [-0.2, -0.15) is 0 Å². The Morgan fingerprint density at radius 2 is 1.79 bits per heavy atom. The standard InChI is InChI=1S/C21H27N3O8S2/c1-5-33(26,27)24(15-6-8-19-20(10-15)32-13-31-19)12-21(25)22-17-11-16(7-9-18(17)30-4)34(28,29)23-14(2)3/h6-11,14,23H,5,12-13H2,1-4H3,(H,22,25). The summed E-state index contributed by atoms with van der Waals surface area (Å²) in [6, 6.07) is 8.23. The number of rotatable bonds is 10. The number of sulfonamides is 2. The Morgan fingerprint density at radius 3 is 2.44 bits per heavy atom. The number of anilines is 2. The summed E-state index contributed by atoms with van der Waals surface area (Å²) in [5.41, 5.74) is 0.310. The molecule has 2 aromatic rings. The minimum absolute atomic E-state index is 0.0184. The summed E-state index contributed by atoms with van der Waals surface area (Å²) in [6.07, 6.45) is 0. The topological polar surface area (TPSA) is 140 Å². The highest BCUT2D eigenvalue weighted by molar-refractivity contribution is 7.92. The molecule has 0 unspecified atom stereocenters. The average molecular weight is 514 g/mol. The molecule has 0 radical (unpaired) electrons. The van der Waals surface area contributed by atoms with Crippen molar-refractivity contribution in [2.24, 2.45) is 0 Å². The summed E-state index contributed by atoms with van der Waals surface area (Å²) in [5, 5.41) is 2.56. The number of methoxy groups -OCH3 is 1. The highest BCUT2D eigenvalue weighted by Crippen LogP contribution is 2.36. The molecular formula is C21H27N3O8S2. The molecule has 2 N–H and O–H groups in total. The molecule has 13 heteroatoms. The van der Waals surface area contributed by atoms with Gasteiger partial charge in [0, 0.05) is 12.1 Å². The Kier molecular flexibility index (Phi) is 7.58. The number of carbonyl (C=O) groups is 1. The molecule has 11 nitrogen and oxygen atoms in total. The zero-order valence-corrected chi connectivity index (χ0v) is 20.8. The highest BCUT2D eigenvalue weighted by Gasteiger charge is 2.26. The van der Waals surface area contributed by atoms with E-state index in [1.54, 1.807) is 19.9 Å². The third-order valence-electron chi connectivity index (χ3n) is 4.78. The third kappa shape index (κ3) is 5.72. The second kappa shape index (κ2) is 10.1. The van der Waals surface area contributed by atoms with E-state index in [-0.39, 0.29) is 40.6 Å². The van der Waals surface area contributed by atoms with Crippen LogP contribution in [0.5, 0.6) is 17.2 Å². The van der Waals surface area contributed by atoms with Gasteiger partial charge in [-0.15, -0.1) is 0 Å². The van der Waals surface area contributed by atoms with Crippen LogP contribution in [0.15, 0.2) is 41.3 Å². The molecule has 0 aromatic heterocycles. The van der Waals surface area contributed by atoms with Gasteiger partial charge in [0.05, 0.1) is 29.1 Å². The Morgan fingerprint density at radius 1 is 1.09 bits per heavy atom. The summed E-state index contributed by atoms with van der Waals surface area (Å²) >= 11 is 0. The maximum absolute atomic E-state index is 12.9. The highest BCUT2D eigenvalue weighted by atomic mass is 32.2. The molecule has 2 aromatic carbocycles. The molecule has 0 spiro atoms. The van der Waals surface area contributed by atoms with Crippen LogP contribution >= 0.6 is 0 Å². The van der Waals surface area contributed by atoms with Gasteiger partial charge in [-0.1, -0.05) is 0 Å². The second-order valence-electron chi connectivity index (χ2n) is 7.63. The normalized spacial score (nSPS) is 13.1. The Hall–Kier alpha value is -3.03. The molecule has 0 saturated heterocycles.